The highest BCUT2D eigenvalue weighted by Crippen LogP contribution is 2.15. The number of aromatic nitrogens is 1. The van der Waals surface area contributed by atoms with Gasteiger partial charge >= 0.3 is 0 Å². The molecule has 9 heteroatoms. The number of carbonyl (C=O) groups is 2. The highest BCUT2D eigenvalue weighted by molar-refractivity contribution is 6.00. The highest BCUT2D eigenvalue weighted by Gasteiger charge is 2.22. The Balaban J connectivity index is 2.04. The van der Waals surface area contributed by atoms with Crippen molar-refractivity contribution in [3.05, 3.63) is 47.0 Å². The molecule has 122 valence electrons. The third kappa shape index (κ3) is 3.68. The van der Waals surface area contributed by atoms with Crippen molar-refractivity contribution in [3.8, 4) is 0 Å². The normalized spacial score (nSPS) is 11.9. The van der Waals surface area contributed by atoms with Crippen molar-refractivity contribution in [2.75, 3.05) is 5.32 Å². The van der Waals surface area contributed by atoms with E-state index in [4.69, 9.17) is 4.52 Å². The molecule has 1 aromatic carbocycles. The molecule has 0 spiro atoms. The van der Waals surface area contributed by atoms with E-state index in [1.54, 1.807) is 6.92 Å². The molecule has 23 heavy (non-hydrogen) atoms. The molecule has 1 atom stereocenters. The van der Waals surface area contributed by atoms with Gasteiger partial charge in [0.2, 0.25) is 5.91 Å². The molecule has 1 heterocycles. The van der Waals surface area contributed by atoms with Gasteiger partial charge in [0.15, 0.2) is 23.3 Å². The molecule has 0 fully saturated rings. The number of benzene rings is 1. The van der Waals surface area contributed by atoms with Gasteiger partial charge in [0.05, 0.1) is 5.56 Å². The van der Waals surface area contributed by atoms with E-state index in [0.717, 1.165) is 6.07 Å². The number of hydrogen-bond donors (Lipinski definition) is 2. The van der Waals surface area contributed by atoms with Crippen LogP contribution in [0, 0.1) is 24.4 Å². The Morgan fingerprint density at radius 2 is 1.91 bits per heavy atom. The Morgan fingerprint density at radius 1 is 1.22 bits per heavy atom. The Bertz CT molecular complexity index is 761. The van der Waals surface area contributed by atoms with Crippen LogP contribution in [-0.4, -0.2) is 23.0 Å². The van der Waals surface area contributed by atoms with Crippen LogP contribution in [0.25, 0.3) is 0 Å². The number of aryl methyl sites for hydroxylation is 1. The van der Waals surface area contributed by atoms with Gasteiger partial charge in [-0.3, -0.25) is 9.59 Å². The molecular weight excluding hydrogens is 315 g/mol. The fourth-order valence-electron chi connectivity index (χ4n) is 1.70. The average Bonchev–Trinajstić information content (AvgIpc) is 2.89. The number of hydrogen-bond acceptors (Lipinski definition) is 4. The van der Waals surface area contributed by atoms with Crippen LogP contribution < -0.4 is 10.6 Å². The van der Waals surface area contributed by atoms with E-state index in [9.17, 15) is 22.8 Å². The molecule has 0 saturated carbocycles. The summed E-state index contributed by atoms with van der Waals surface area (Å²) in [5, 5.41) is 8.08. The van der Waals surface area contributed by atoms with E-state index in [0.29, 0.717) is 11.8 Å². The molecule has 1 aromatic heterocycles. The van der Waals surface area contributed by atoms with Crippen LogP contribution >= 0.6 is 0 Å². The maximum absolute atomic E-state index is 13.5. The lowest BCUT2D eigenvalue weighted by molar-refractivity contribution is -0.117. The molecule has 0 radical (unpaired) electrons. The maximum Gasteiger partial charge on any atom is 0.255 e. The first kappa shape index (κ1) is 16.5. The van der Waals surface area contributed by atoms with Gasteiger partial charge in [-0.2, -0.15) is 0 Å². The molecule has 0 aliphatic carbocycles. The Morgan fingerprint density at radius 3 is 2.52 bits per heavy atom. The second kappa shape index (κ2) is 6.51. The minimum atomic E-state index is -1.76. The molecule has 0 aliphatic rings. The number of anilines is 1. The van der Waals surface area contributed by atoms with Gasteiger partial charge < -0.3 is 15.2 Å². The van der Waals surface area contributed by atoms with Crippen LogP contribution in [0.2, 0.25) is 0 Å². The summed E-state index contributed by atoms with van der Waals surface area (Å²) >= 11 is 0. The number of carbonyl (C=O) groups excluding carboxylic acids is 2. The van der Waals surface area contributed by atoms with Gasteiger partial charge in [-0.05, 0) is 26.0 Å². The largest absolute Gasteiger partial charge is 0.360 e. The first-order valence-electron chi connectivity index (χ1n) is 6.48. The fraction of sp³-hybridized carbons (Fsp3) is 0.214. The fourth-order valence-corrected chi connectivity index (χ4v) is 1.70. The lowest BCUT2D eigenvalue weighted by Crippen LogP contribution is -2.42. The molecule has 0 saturated heterocycles. The lowest BCUT2D eigenvalue weighted by Gasteiger charge is -2.13. The van der Waals surface area contributed by atoms with Crippen LogP contribution in [0.5, 0.6) is 0 Å². The monoisotopic (exact) mass is 327 g/mol. The van der Waals surface area contributed by atoms with Gasteiger partial charge in [-0.25, -0.2) is 13.2 Å². The SMILES string of the molecule is Cc1cc(NC(=O)[C@@H](C)NC(=O)c2ccc(F)c(F)c2F)no1. The van der Waals surface area contributed by atoms with Crippen LogP contribution in [0.3, 0.4) is 0 Å². The van der Waals surface area contributed by atoms with E-state index in [1.165, 1.54) is 13.0 Å². The molecule has 6 nitrogen and oxygen atoms in total. The van der Waals surface area contributed by atoms with Crippen LogP contribution in [0.4, 0.5) is 19.0 Å². The molecule has 0 bridgehead atoms. The van der Waals surface area contributed by atoms with Crippen LogP contribution in [0.1, 0.15) is 23.0 Å². The quantitative estimate of drug-likeness (QED) is 0.843. The second-order valence-corrected chi connectivity index (χ2v) is 4.73. The van der Waals surface area contributed by atoms with Crippen LogP contribution in [-0.2, 0) is 4.79 Å². The Kier molecular flexibility index (Phi) is 4.68. The molecular formula is C14H12F3N3O3. The third-order valence-corrected chi connectivity index (χ3v) is 2.90. The minimum absolute atomic E-state index is 0.146. The van der Waals surface area contributed by atoms with Crippen molar-refractivity contribution in [2.24, 2.45) is 0 Å². The van der Waals surface area contributed by atoms with Crippen molar-refractivity contribution < 1.29 is 27.3 Å². The zero-order chi connectivity index (χ0) is 17.1. The predicted octanol–water partition coefficient (Wildman–Crippen LogP) is 2.16. The number of amides is 2. The topological polar surface area (TPSA) is 84.2 Å². The highest BCUT2D eigenvalue weighted by atomic mass is 19.2. The molecule has 0 aliphatic heterocycles. The summed E-state index contributed by atoms with van der Waals surface area (Å²) in [7, 11) is 0. The van der Waals surface area contributed by atoms with Crippen molar-refractivity contribution >= 4 is 17.6 Å². The van der Waals surface area contributed by atoms with Gasteiger partial charge in [-0.1, -0.05) is 5.16 Å². The summed E-state index contributed by atoms with van der Waals surface area (Å²) in [5.74, 6) is -5.87. The Hall–Kier alpha value is -2.84. The van der Waals surface area contributed by atoms with E-state index < -0.39 is 40.9 Å². The van der Waals surface area contributed by atoms with Gasteiger partial charge in [0, 0.05) is 6.07 Å². The third-order valence-electron chi connectivity index (χ3n) is 2.90. The summed E-state index contributed by atoms with van der Waals surface area (Å²) in [4.78, 5) is 23.7. The smallest absolute Gasteiger partial charge is 0.255 e. The minimum Gasteiger partial charge on any atom is -0.360 e. The standard InChI is InChI=1S/C14H12F3N3O3/c1-6-5-10(20-23-6)19-13(21)7(2)18-14(22)8-3-4-9(15)12(17)11(8)16/h3-5,7H,1-2H3,(H,18,22)(H,19,20,21)/t7-/m1/s1. The van der Waals surface area contributed by atoms with Crippen molar-refractivity contribution in [3.63, 3.8) is 0 Å². The lowest BCUT2D eigenvalue weighted by atomic mass is 10.1. The Labute approximate surface area is 128 Å². The summed E-state index contributed by atoms with van der Waals surface area (Å²) in [5.41, 5.74) is -0.708. The summed E-state index contributed by atoms with van der Waals surface area (Å²) in [6, 6.07) is 1.79. The number of nitrogens with one attached hydrogen (secondary N) is 2. The first-order valence-corrected chi connectivity index (χ1v) is 6.48. The van der Waals surface area contributed by atoms with Crippen LogP contribution in [0.15, 0.2) is 22.7 Å². The number of nitrogens with zero attached hydrogens (tertiary/aromatic N) is 1. The van der Waals surface area contributed by atoms with Gasteiger partial charge in [0.1, 0.15) is 11.8 Å². The number of halogens is 3. The van der Waals surface area contributed by atoms with Crippen molar-refractivity contribution in [1.82, 2.24) is 10.5 Å². The number of rotatable bonds is 4. The summed E-state index contributed by atoms with van der Waals surface area (Å²) in [6.07, 6.45) is 0. The zero-order valence-corrected chi connectivity index (χ0v) is 12.1. The van der Waals surface area contributed by atoms with Crippen molar-refractivity contribution in [1.29, 1.82) is 0 Å². The van der Waals surface area contributed by atoms with E-state index in [2.05, 4.69) is 15.8 Å². The molecule has 2 N–H and O–H groups in total. The van der Waals surface area contributed by atoms with E-state index >= 15 is 0 Å². The zero-order valence-electron chi connectivity index (χ0n) is 12.1. The predicted molar refractivity (Wildman–Crippen MR) is 73.1 cm³/mol. The van der Waals surface area contributed by atoms with Gasteiger partial charge in [-0.15, -0.1) is 0 Å². The summed E-state index contributed by atoms with van der Waals surface area (Å²) < 4.78 is 44.2. The average molecular weight is 327 g/mol. The molecule has 2 rings (SSSR count). The van der Waals surface area contributed by atoms with Crippen molar-refractivity contribution in [2.45, 2.75) is 19.9 Å². The maximum atomic E-state index is 13.5. The van der Waals surface area contributed by atoms with Gasteiger partial charge in [0.25, 0.3) is 5.91 Å². The van der Waals surface area contributed by atoms with E-state index in [1.807, 2.05) is 0 Å². The molecule has 0 unspecified atom stereocenters. The summed E-state index contributed by atoms with van der Waals surface area (Å²) in [6.45, 7) is 2.96. The second-order valence-electron chi connectivity index (χ2n) is 4.73. The first-order chi connectivity index (χ1) is 10.8. The van der Waals surface area contributed by atoms with E-state index in [-0.39, 0.29) is 5.82 Å². The molecule has 2 amide bonds. The molecule has 2 aromatic rings.